The number of hydrogen-bond donors (Lipinski definition) is 2. The molecule has 0 aliphatic carbocycles. The van der Waals surface area contributed by atoms with Crippen LogP contribution in [0.2, 0.25) is 0 Å². The van der Waals surface area contributed by atoms with E-state index in [-0.39, 0.29) is 0 Å². The van der Waals surface area contributed by atoms with E-state index in [9.17, 15) is 0 Å². The summed E-state index contributed by atoms with van der Waals surface area (Å²) in [7, 11) is 0. The summed E-state index contributed by atoms with van der Waals surface area (Å²) in [6, 6.07) is 0. The SMILES string of the molecule is [2H]C([2H])([2H])C([2H])([2H])CC(O)CO. The molecular weight excluding hydrogens is 92.1 g/mol. The molecule has 0 radical (unpaired) electrons. The quantitative estimate of drug-likeness (QED) is 0.541. The number of aliphatic hydroxyl groups excluding tert-OH is 2. The molecule has 0 aliphatic heterocycles. The van der Waals surface area contributed by atoms with Gasteiger partial charge in [-0.15, -0.1) is 0 Å². The Hall–Kier alpha value is -0.0800. The Morgan fingerprint density at radius 2 is 2.71 bits per heavy atom. The third-order valence-electron chi connectivity index (χ3n) is 0.548. The van der Waals surface area contributed by atoms with Crippen molar-refractivity contribution in [2.75, 3.05) is 6.61 Å². The molecule has 0 rings (SSSR count). The van der Waals surface area contributed by atoms with Gasteiger partial charge in [-0.05, 0) is 6.42 Å². The van der Waals surface area contributed by atoms with E-state index < -0.39 is 32.4 Å². The van der Waals surface area contributed by atoms with Crippen molar-refractivity contribution in [3.05, 3.63) is 0 Å². The van der Waals surface area contributed by atoms with Crippen LogP contribution in [0.15, 0.2) is 0 Å². The first-order valence-electron chi connectivity index (χ1n) is 4.49. The van der Waals surface area contributed by atoms with Gasteiger partial charge in [-0.2, -0.15) is 0 Å². The first-order chi connectivity index (χ1) is 5.20. The Balaban J connectivity index is 4.22. The fraction of sp³-hybridized carbons (Fsp3) is 1.00. The molecule has 2 N–H and O–H groups in total. The van der Waals surface area contributed by atoms with Crippen LogP contribution in [0.3, 0.4) is 0 Å². The molecule has 0 aromatic heterocycles. The molecule has 0 spiro atoms. The highest BCUT2D eigenvalue weighted by atomic mass is 16.3. The number of aliphatic hydroxyl groups is 2. The van der Waals surface area contributed by atoms with E-state index in [1.165, 1.54) is 0 Å². The van der Waals surface area contributed by atoms with Crippen LogP contribution in [0.1, 0.15) is 26.5 Å². The molecule has 1 atom stereocenters. The second kappa shape index (κ2) is 4.09. The summed E-state index contributed by atoms with van der Waals surface area (Å²) in [5.41, 5.74) is 0. The molecule has 0 saturated carbocycles. The highest BCUT2D eigenvalue weighted by Crippen LogP contribution is 1.92. The molecule has 0 aromatic carbocycles. The third kappa shape index (κ3) is 3.76. The minimum atomic E-state index is -2.76. The smallest absolute Gasteiger partial charge is 0.0770 e. The van der Waals surface area contributed by atoms with Gasteiger partial charge in [-0.3, -0.25) is 0 Å². The van der Waals surface area contributed by atoms with E-state index >= 15 is 0 Å². The second-order valence-corrected chi connectivity index (χ2v) is 1.22. The Morgan fingerprint density at radius 1 is 2.00 bits per heavy atom. The zero-order chi connectivity index (χ0) is 9.99. The van der Waals surface area contributed by atoms with Crippen molar-refractivity contribution < 1.29 is 17.1 Å². The molecule has 7 heavy (non-hydrogen) atoms. The molecular formula is C5H12O2. The van der Waals surface area contributed by atoms with E-state index in [1.54, 1.807) is 0 Å². The highest BCUT2D eigenvalue weighted by Gasteiger charge is 1.95. The van der Waals surface area contributed by atoms with Crippen LogP contribution in [0, 0.1) is 0 Å². The third-order valence-corrected chi connectivity index (χ3v) is 0.548. The summed E-state index contributed by atoms with van der Waals surface area (Å²) in [5.74, 6) is 0. The maximum atomic E-state index is 8.82. The molecule has 0 bridgehead atoms. The molecule has 1 unspecified atom stereocenters. The molecule has 0 amide bonds. The Kier molecular flexibility index (Phi) is 1.19. The average molecular weight is 109 g/mol. The van der Waals surface area contributed by atoms with Crippen molar-refractivity contribution in [3.8, 4) is 0 Å². The second-order valence-electron chi connectivity index (χ2n) is 1.22. The summed E-state index contributed by atoms with van der Waals surface area (Å²) >= 11 is 0. The maximum absolute atomic E-state index is 8.82. The van der Waals surface area contributed by atoms with Crippen molar-refractivity contribution in [2.24, 2.45) is 0 Å². The van der Waals surface area contributed by atoms with Crippen molar-refractivity contribution in [3.63, 3.8) is 0 Å². The zero-order valence-corrected chi connectivity index (χ0v) is 3.89. The van der Waals surface area contributed by atoms with Crippen LogP contribution in [0.25, 0.3) is 0 Å². The Morgan fingerprint density at radius 3 is 3.14 bits per heavy atom. The minimum absolute atomic E-state index is 0.583. The molecule has 0 heterocycles. The molecule has 2 nitrogen and oxygen atoms in total. The van der Waals surface area contributed by atoms with Gasteiger partial charge in [0.05, 0.1) is 12.7 Å². The van der Waals surface area contributed by atoms with Crippen LogP contribution in [-0.2, 0) is 0 Å². The molecule has 0 aliphatic rings. The summed E-state index contributed by atoms with van der Waals surface area (Å²) < 4.78 is 34.4. The maximum Gasteiger partial charge on any atom is 0.0770 e. The molecule has 0 fully saturated rings. The van der Waals surface area contributed by atoms with Gasteiger partial charge in [0.25, 0.3) is 0 Å². The zero-order valence-electron chi connectivity index (χ0n) is 8.89. The van der Waals surface area contributed by atoms with Gasteiger partial charge in [0.1, 0.15) is 0 Å². The standard InChI is InChI=1S/C5H12O2/c1-2-3-5(7)4-6/h5-7H,2-4H2,1H3/i1D3,2D2. The predicted octanol–water partition coefficient (Wildman–Crippen LogP) is 0.140. The van der Waals surface area contributed by atoms with E-state index in [2.05, 4.69) is 0 Å². The van der Waals surface area contributed by atoms with Gasteiger partial charge in [-0.25, -0.2) is 0 Å². The van der Waals surface area contributed by atoms with Crippen molar-refractivity contribution >= 4 is 0 Å². The topological polar surface area (TPSA) is 40.5 Å². The molecule has 44 valence electrons. The van der Waals surface area contributed by atoms with Gasteiger partial charge in [-0.1, -0.05) is 13.2 Å². The van der Waals surface area contributed by atoms with Gasteiger partial charge >= 0.3 is 0 Å². The lowest BCUT2D eigenvalue weighted by Gasteiger charge is -2.01. The summed E-state index contributed by atoms with van der Waals surface area (Å²) in [5, 5.41) is 17.2. The van der Waals surface area contributed by atoms with Crippen LogP contribution < -0.4 is 0 Å². The lowest BCUT2D eigenvalue weighted by atomic mass is 10.2. The lowest BCUT2D eigenvalue weighted by Crippen LogP contribution is -2.10. The molecule has 0 saturated heterocycles. The van der Waals surface area contributed by atoms with Crippen molar-refractivity contribution in [1.29, 1.82) is 0 Å². The van der Waals surface area contributed by atoms with Gasteiger partial charge in [0.15, 0.2) is 0 Å². The lowest BCUT2D eigenvalue weighted by molar-refractivity contribution is 0.0877. The van der Waals surface area contributed by atoms with E-state index in [0.29, 0.717) is 0 Å². The van der Waals surface area contributed by atoms with Gasteiger partial charge < -0.3 is 10.2 Å². The fourth-order valence-corrected chi connectivity index (χ4v) is 0.182. The fourth-order valence-electron chi connectivity index (χ4n) is 0.182. The number of hydrogen-bond acceptors (Lipinski definition) is 2. The summed E-state index contributed by atoms with van der Waals surface area (Å²) in [6.07, 6.45) is -4.35. The Bertz CT molecular complexity index is 143. The van der Waals surface area contributed by atoms with Gasteiger partial charge in [0.2, 0.25) is 0 Å². The molecule has 2 heteroatoms. The van der Waals surface area contributed by atoms with Crippen molar-refractivity contribution in [2.45, 2.75) is 25.7 Å². The van der Waals surface area contributed by atoms with E-state index in [4.69, 9.17) is 17.1 Å². The van der Waals surface area contributed by atoms with Crippen molar-refractivity contribution in [1.82, 2.24) is 0 Å². The van der Waals surface area contributed by atoms with Crippen LogP contribution in [0.4, 0.5) is 0 Å². The van der Waals surface area contributed by atoms with Crippen LogP contribution in [-0.4, -0.2) is 22.9 Å². The number of rotatable bonds is 3. The highest BCUT2D eigenvalue weighted by molar-refractivity contribution is 4.48. The van der Waals surface area contributed by atoms with Crippen LogP contribution in [0.5, 0.6) is 0 Å². The molecule has 0 aromatic rings. The largest absolute Gasteiger partial charge is 0.394 e. The van der Waals surface area contributed by atoms with Gasteiger partial charge in [0, 0.05) is 6.85 Å². The first kappa shape index (κ1) is 2.03. The Labute approximate surface area is 50.8 Å². The normalized spacial score (nSPS) is 28.6. The van der Waals surface area contributed by atoms with E-state index in [1.807, 2.05) is 0 Å². The van der Waals surface area contributed by atoms with E-state index in [0.717, 1.165) is 0 Å². The van der Waals surface area contributed by atoms with Crippen LogP contribution >= 0.6 is 0 Å². The first-order valence-corrected chi connectivity index (χ1v) is 1.99. The monoisotopic (exact) mass is 109 g/mol. The summed E-state index contributed by atoms with van der Waals surface area (Å²) in [6.45, 7) is -3.39. The predicted molar refractivity (Wildman–Crippen MR) is 28.0 cm³/mol. The summed E-state index contributed by atoms with van der Waals surface area (Å²) in [4.78, 5) is 0. The minimum Gasteiger partial charge on any atom is -0.394 e. The average Bonchev–Trinajstić information content (AvgIpc) is 1.84.